The van der Waals surface area contributed by atoms with E-state index in [4.69, 9.17) is 4.74 Å². The molecule has 0 saturated heterocycles. The van der Waals surface area contributed by atoms with Crippen molar-refractivity contribution in [2.24, 2.45) is 0 Å². The predicted molar refractivity (Wildman–Crippen MR) is 90.5 cm³/mol. The summed E-state index contributed by atoms with van der Waals surface area (Å²) in [6.07, 6.45) is 0.268. The Labute approximate surface area is 137 Å². The van der Waals surface area contributed by atoms with Gasteiger partial charge in [-0.3, -0.25) is 4.79 Å². The molecule has 0 aliphatic carbocycles. The van der Waals surface area contributed by atoms with E-state index in [-0.39, 0.29) is 5.91 Å². The minimum Gasteiger partial charge on any atom is -0.489 e. The molecule has 0 radical (unpaired) electrons. The van der Waals surface area contributed by atoms with E-state index in [0.717, 1.165) is 16.9 Å². The maximum Gasteiger partial charge on any atom is 0.253 e. The lowest BCUT2D eigenvalue weighted by Gasteiger charge is -2.12. The van der Waals surface area contributed by atoms with Gasteiger partial charge in [-0.05, 0) is 41.8 Å². The normalized spacial score (nSPS) is 11.8. The Morgan fingerprint density at radius 2 is 1.70 bits per heavy atom. The Hall–Kier alpha value is -2.33. The van der Waals surface area contributed by atoms with Crippen molar-refractivity contribution in [1.82, 2.24) is 4.90 Å². The number of benzene rings is 2. The fourth-order valence-corrected chi connectivity index (χ4v) is 2.19. The van der Waals surface area contributed by atoms with Crippen LogP contribution in [0, 0.1) is 0 Å². The molecule has 0 aliphatic rings. The number of carbonyl (C=O) groups excluding carboxylic acids is 1. The fourth-order valence-electron chi connectivity index (χ4n) is 2.19. The molecule has 2 aromatic rings. The van der Waals surface area contributed by atoms with Crippen LogP contribution >= 0.6 is 0 Å². The van der Waals surface area contributed by atoms with Gasteiger partial charge in [0.15, 0.2) is 0 Å². The van der Waals surface area contributed by atoms with Crippen LogP contribution in [0.4, 0.5) is 0 Å². The van der Waals surface area contributed by atoms with Crippen molar-refractivity contribution < 1.29 is 14.6 Å². The highest BCUT2D eigenvalue weighted by atomic mass is 16.5. The van der Waals surface area contributed by atoms with Crippen LogP contribution in [-0.4, -0.2) is 30.0 Å². The lowest BCUT2D eigenvalue weighted by atomic mass is 10.1. The van der Waals surface area contributed by atoms with Crippen molar-refractivity contribution in [2.75, 3.05) is 14.1 Å². The SMILES string of the molecule is CCC(O)c1ccc(OCc2ccc(C(=O)N(C)C)cc2)cc1. The quantitative estimate of drug-likeness (QED) is 0.889. The van der Waals surface area contributed by atoms with Gasteiger partial charge in [0.1, 0.15) is 12.4 Å². The van der Waals surface area contributed by atoms with E-state index in [9.17, 15) is 9.90 Å². The average Bonchev–Trinajstić information content (AvgIpc) is 2.59. The summed E-state index contributed by atoms with van der Waals surface area (Å²) in [5, 5.41) is 9.77. The third-order valence-electron chi connectivity index (χ3n) is 3.66. The first-order chi connectivity index (χ1) is 11.0. The van der Waals surface area contributed by atoms with Gasteiger partial charge in [-0.15, -0.1) is 0 Å². The molecule has 0 bridgehead atoms. The summed E-state index contributed by atoms with van der Waals surface area (Å²) < 4.78 is 5.73. The van der Waals surface area contributed by atoms with E-state index in [2.05, 4.69) is 0 Å². The van der Waals surface area contributed by atoms with Crippen LogP contribution in [0.2, 0.25) is 0 Å². The van der Waals surface area contributed by atoms with E-state index < -0.39 is 6.10 Å². The first-order valence-corrected chi connectivity index (χ1v) is 7.72. The highest BCUT2D eigenvalue weighted by molar-refractivity contribution is 5.93. The van der Waals surface area contributed by atoms with E-state index in [1.807, 2.05) is 55.5 Å². The van der Waals surface area contributed by atoms with Crippen LogP contribution in [-0.2, 0) is 6.61 Å². The van der Waals surface area contributed by atoms with Gasteiger partial charge in [0.05, 0.1) is 6.10 Å². The molecule has 23 heavy (non-hydrogen) atoms. The lowest BCUT2D eigenvalue weighted by Crippen LogP contribution is -2.21. The van der Waals surface area contributed by atoms with Crippen LogP contribution in [0.25, 0.3) is 0 Å². The predicted octanol–water partition coefficient (Wildman–Crippen LogP) is 3.41. The van der Waals surface area contributed by atoms with Gasteiger partial charge in [0.2, 0.25) is 0 Å². The zero-order valence-corrected chi connectivity index (χ0v) is 13.8. The molecule has 1 amide bonds. The summed E-state index contributed by atoms with van der Waals surface area (Å²) in [7, 11) is 3.47. The molecule has 2 aromatic carbocycles. The second-order valence-electron chi connectivity index (χ2n) is 5.68. The molecule has 2 rings (SSSR count). The lowest BCUT2D eigenvalue weighted by molar-refractivity contribution is 0.0827. The Bertz CT molecular complexity index is 633. The first kappa shape index (κ1) is 17.0. The molecule has 4 heteroatoms. The van der Waals surface area contributed by atoms with Crippen LogP contribution in [0.15, 0.2) is 48.5 Å². The monoisotopic (exact) mass is 313 g/mol. The Morgan fingerprint density at radius 1 is 1.09 bits per heavy atom. The molecule has 1 N–H and O–H groups in total. The standard InChI is InChI=1S/C19H23NO3/c1-4-18(21)15-9-11-17(12-10-15)23-13-14-5-7-16(8-6-14)19(22)20(2)3/h5-12,18,21H,4,13H2,1-3H3. The van der Waals surface area contributed by atoms with E-state index in [1.54, 1.807) is 19.0 Å². The number of amides is 1. The maximum atomic E-state index is 11.8. The summed E-state index contributed by atoms with van der Waals surface area (Å²) in [6, 6.07) is 14.9. The first-order valence-electron chi connectivity index (χ1n) is 7.72. The highest BCUT2D eigenvalue weighted by Crippen LogP contribution is 2.20. The summed E-state index contributed by atoms with van der Waals surface area (Å²) >= 11 is 0. The molecule has 0 fully saturated rings. The number of rotatable bonds is 6. The van der Waals surface area contributed by atoms with Crippen molar-refractivity contribution in [3.8, 4) is 5.75 Å². The van der Waals surface area contributed by atoms with Gasteiger partial charge in [-0.1, -0.05) is 31.2 Å². The molecule has 0 aliphatic heterocycles. The summed E-state index contributed by atoms with van der Waals surface area (Å²) in [6.45, 7) is 2.38. The topological polar surface area (TPSA) is 49.8 Å². The van der Waals surface area contributed by atoms with Crippen molar-refractivity contribution in [2.45, 2.75) is 26.1 Å². The van der Waals surface area contributed by atoms with Gasteiger partial charge in [-0.25, -0.2) is 0 Å². The van der Waals surface area contributed by atoms with Crippen LogP contribution in [0.3, 0.4) is 0 Å². The second kappa shape index (κ2) is 7.79. The highest BCUT2D eigenvalue weighted by Gasteiger charge is 2.07. The van der Waals surface area contributed by atoms with E-state index >= 15 is 0 Å². The van der Waals surface area contributed by atoms with Crippen molar-refractivity contribution in [3.63, 3.8) is 0 Å². The minimum atomic E-state index is -0.425. The molecule has 0 aromatic heterocycles. The van der Waals surface area contributed by atoms with Gasteiger partial charge in [-0.2, -0.15) is 0 Å². The van der Waals surface area contributed by atoms with Crippen LogP contribution in [0.5, 0.6) is 5.75 Å². The molecular weight excluding hydrogens is 290 g/mol. The number of carbonyl (C=O) groups is 1. The van der Waals surface area contributed by atoms with Crippen LogP contribution < -0.4 is 4.74 Å². The summed E-state index contributed by atoms with van der Waals surface area (Å²) in [5.74, 6) is 0.744. The third kappa shape index (κ3) is 4.57. The Morgan fingerprint density at radius 3 is 2.22 bits per heavy atom. The van der Waals surface area contributed by atoms with Gasteiger partial charge < -0.3 is 14.7 Å². The van der Waals surface area contributed by atoms with Gasteiger partial charge in [0, 0.05) is 19.7 Å². The van der Waals surface area contributed by atoms with Crippen LogP contribution in [0.1, 0.15) is 40.9 Å². The zero-order valence-electron chi connectivity index (χ0n) is 13.8. The number of hydrogen-bond acceptors (Lipinski definition) is 3. The van der Waals surface area contributed by atoms with Crippen molar-refractivity contribution in [1.29, 1.82) is 0 Å². The van der Waals surface area contributed by atoms with Crippen molar-refractivity contribution in [3.05, 3.63) is 65.2 Å². The van der Waals surface area contributed by atoms with Gasteiger partial charge >= 0.3 is 0 Å². The molecule has 0 spiro atoms. The number of nitrogens with zero attached hydrogens (tertiary/aromatic N) is 1. The third-order valence-corrected chi connectivity index (χ3v) is 3.66. The molecule has 0 saturated carbocycles. The van der Waals surface area contributed by atoms with Crippen molar-refractivity contribution >= 4 is 5.91 Å². The maximum absolute atomic E-state index is 11.8. The number of aliphatic hydroxyl groups excluding tert-OH is 1. The van der Waals surface area contributed by atoms with E-state index in [1.165, 1.54) is 0 Å². The van der Waals surface area contributed by atoms with E-state index in [0.29, 0.717) is 18.6 Å². The smallest absolute Gasteiger partial charge is 0.253 e. The number of aliphatic hydroxyl groups is 1. The second-order valence-corrected chi connectivity index (χ2v) is 5.68. The summed E-state index contributed by atoms with van der Waals surface area (Å²) in [5.41, 5.74) is 2.56. The minimum absolute atomic E-state index is 0.0115. The number of hydrogen-bond donors (Lipinski definition) is 1. The number of ether oxygens (including phenoxy) is 1. The molecule has 122 valence electrons. The molecule has 4 nitrogen and oxygen atoms in total. The summed E-state index contributed by atoms with van der Waals surface area (Å²) in [4.78, 5) is 13.4. The zero-order chi connectivity index (χ0) is 16.8. The molecular formula is C19H23NO3. The Balaban J connectivity index is 1.94. The largest absolute Gasteiger partial charge is 0.489 e. The fraction of sp³-hybridized carbons (Fsp3) is 0.316. The Kier molecular flexibility index (Phi) is 5.77. The molecule has 0 heterocycles. The van der Waals surface area contributed by atoms with Gasteiger partial charge in [0.25, 0.3) is 5.91 Å². The molecule has 1 unspecified atom stereocenters. The average molecular weight is 313 g/mol. The molecule has 1 atom stereocenters.